The van der Waals surface area contributed by atoms with Crippen LogP contribution in [-0.4, -0.2) is 16.9 Å². The molecule has 1 N–H and O–H groups in total. The highest BCUT2D eigenvalue weighted by Gasteiger charge is 2.17. The second-order valence-electron chi connectivity index (χ2n) is 5.38. The maximum Gasteiger partial charge on any atom is 0.251 e. The number of aromatic nitrogens is 1. The van der Waals surface area contributed by atoms with E-state index in [1.807, 2.05) is 6.92 Å². The first kappa shape index (κ1) is 12.7. The molecular formula is C13H20N2O. The number of amides is 1. The lowest BCUT2D eigenvalue weighted by atomic mass is 9.88. The summed E-state index contributed by atoms with van der Waals surface area (Å²) in [5.41, 5.74) is 0.890. The van der Waals surface area contributed by atoms with Gasteiger partial charge in [0.2, 0.25) is 0 Å². The number of nitrogens with one attached hydrogen (secondary N) is 1. The number of hydrogen-bond donors (Lipinski definition) is 1. The summed E-state index contributed by atoms with van der Waals surface area (Å²) in [6.07, 6.45) is 4.22. The van der Waals surface area contributed by atoms with E-state index in [9.17, 15) is 4.79 Å². The fourth-order valence-corrected chi connectivity index (χ4v) is 1.78. The Bertz CT molecular complexity index is 341. The highest BCUT2D eigenvalue weighted by atomic mass is 16.1. The van der Waals surface area contributed by atoms with Crippen LogP contribution in [0.25, 0.3) is 0 Å². The number of carbonyl (C=O) groups excluding carboxylic acids is 1. The quantitative estimate of drug-likeness (QED) is 0.850. The molecule has 0 bridgehead atoms. The molecule has 0 radical (unpaired) electrons. The summed E-state index contributed by atoms with van der Waals surface area (Å²) in [6, 6.07) is 3.62. The van der Waals surface area contributed by atoms with Crippen molar-refractivity contribution in [2.24, 2.45) is 5.41 Å². The Morgan fingerprint density at radius 3 is 2.44 bits per heavy atom. The van der Waals surface area contributed by atoms with Crippen LogP contribution in [0.5, 0.6) is 0 Å². The zero-order chi connectivity index (χ0) is 12.2. The van der Waals surface area contributed by atoms with Gasteiger partial charge in [-0.2, -0.15) is 0 Å². The summed E-state index contributed by atoms with van der Waals surface area (Å²) < 4.78 is 0. The largest absolute Gasteiger partial charge is 0.350 e. The van der Waals surface area contributed by atoms with E-state index in [1.54, 1.807) is 24.5 Å². The summed E-state index contributed by atoms with van der Waals surface area (Å²) in [7, 11) is 0. The number of hydrogen-bond acceptors (Lipinski definition) is 2. The van der Waals surface area contributed by atoms with Gasteiger partial charge < -0.3 is 5.32 Å². The van der Waals surface area contributed by atoms with Crippen molar-refractivity contribution in [3.8, 4) is 0 Å². The number of pyridine rings is 1. The van der Waals surface area contributed by atoms with Crippen molar-refractivity contribution < 1.29 is 4.79 Å². The smallest absolute Gasteiger partial charge is 0.251 e. The third-order valence-corrected chi connectivity index (χ3v) is 2.24. The second-order valence-corrected chi connectivity index (χ2v) is 5.38. The van der Waals surface area contributed by atoms with Crippen molar-refractivity contribution in [1.29, 1.82) is 0 Å². The van der Waals surface area contributed by atoms with Crippen molar-refractivity contribution in [2.45, 2.75) is 40.2 Å². The molecular weight excluding hydrogens is 200 g/mol. The van der Waals surface area contributed by atoms with Crippen LogP contribution in [-0.2, 0) is 0 Å². The van der Waals surface area contributed by atoms with Gasteiger partial charge in [-0.25, -0.2) is 0 Å². The highest BCUT2D eigenvalue weighted by Crippen LogP contribution is 2.20. The molecule has 0 saturated carbocycles. The summed E-state index contributed by atoms with van der Waals surface area (Å²) in [5, 5.41) is 2.99. The lowest BCUT2D eigenvalue weighted by Crippen LogP contribution is -2.35. The lowest BCUT2D eigenvalue weighted by molar-refractivity contribution is 0.0931. The average molecular weight is 220 g/mol. The molecule has 1 amide bonds. The molecule has 1 heterocycles. The number of nitrogens with zero attached hydrogens (tertiary/aromatic N) is 1. The number of rotatable bonds is 3. The maximum atomic E-state index is 11.8. The monoisotopic (exact) mass is 220 g/mol. The molecule has 0 aliphatic rings. The average Bonchev–Trinajstić information content (AvgIpc) is 2.16. The Balaban J connectivity index is 2.53. The van der Waals surface area contributed by atoms with Crippen LogP contribution in [0.1, 0.15) is 44.5 Å². The van der Waals surface area contributed by atoms with Crippen molar-refractivity contribution in [1.82, 2.24) is 10.3 Å². The molecule has 0 fully saturated rings. The van der Waals surface area contributed by atoms with E-state index in [1.165, 1.54) is 0 Å². The van der Waals surface area contributed by atoms with Crippen LogP contribution >= 0.6 is 0 Å². The van der Waals surface area contributed by atoms with E-state index in [0.717, 1.165) is 6.42 Å². The zero-order valence-corrected chi connectivity index (χ0v) is 10.4. The molecule has 0 aliphatic carbocycles. The van der Waals surface area contributed by atoms with E-state index < -0.39 is 0 Å². The molecule has 88 valence electrons. The minimum Gasteiger partial charge on any atom is -0.350 e. The molecule has 1 unspecified atom stereocenters. The standard InChI is InChI=1S/C13H20N2O/c1-10(9-13(2,3)4)15-12(16)11-5-7-14-8-6-11/h5-8,10H,9H2,1-4H3,(H,15,16). The van der Waals surface area contributed by atoms with Gasteiger partial charge in [0, 0.05) is 24.0 Å². The van der Waals surface area contributed by atoms with Crippen molar-refractivity contribution in [2.75, 3.05) is 0 Å². The summed E-state index contributed by atoms with van der Waals surface area (Å²) in [6.45, 7) is 8.54. The molecule has 16 heavy (non-hydrogen) atoms. The van der Waals surface area contributed by atoms with Crippen LogP contribution in [0.3, 0.4) is 0 Å². The van der Waals surface area contributed by atoms with Crippen molar-refractivity contribution in [3.05, 3.63) is 30.1 Å². The van der Waals surface area contributed by atoms with E-state index in [-0.39, 0.29) is 17.4 Å². The van der Waals surface area contributed by atoms with Gasteiger partial charge in [0.25, 0.3) is 5.91 Å². The summed E-state index contributed by atoms with van der Waals surface area (Å²) in [5.74, 6) is -0.0286. The highest BCUT2D eigenvalue weighted by molar-refractivity contribution is 5.94. The van der Waals surface area contributed by atoms with Crippen molar-refractivity contribution in [3.63, 3.8) is 0 Å². The Kier molecular flexibility index (Phi) is 4.05. The van der Waals surface area contributed by atoms with E-state index >= 15 is 0 Å². The fourth-order valence-electron chi connectivity index (χ4n) is 1.78. The van der Waals surface area contributed by atoms with Gasteiger partial charge in [0.1, 0.15) is 0 Å². The third-order valence-electron chi connectivity index (χ3n) is 2.24. The second kappa shape index (κ2) is 5.10. The van der Waals surface area contributed by atoms with E-state index in [2.05, 4.69) is 31.1 Å². The Morgan fingerprint density at radius 2 is 1.94 bits per heavy atom. The SMILES string of the molecule is CC(CC(C)(C)C)NC(=O)c1ccncc1. The molecule has 1 aromatic rings. The molecule has 0 aromatic carbocycles. The maximum absolute atomic E-state index is 11.8. The third kappa shape index (κ3) is 4.43. The van der Waals surface area contributed by atoms with Crippen LogP contribution in [0, 0.1) is 5.41 Å². The molecule has 0 spiro atoms. The number of carbonyl (C=O) groups is 1. The molecule has 1 rings (SSSR count). The van der Waals surface area contributed by atoms with Crippen LogP contribution < -0.4 is 5.32 Å². The molecule has 0 saturated heterocycles. The van der Waals surface area contributed by atoms with Crippen LogP contribution in [0.15, 0.2) is 24.5 Å². The first-order valence-electron chi connectivity index (χ1n) is 5.59. The Labute approximate surface area is 97.3 Å². The van der Waals surface area contributed by atoms with Crippen LogP contribution in [0.2, 0.25) is 0 Å². The van der Waals surface area contributed by atoms with Gasteiger partial charge in [0.05, 0.1) is 0 Å². The van der Waals surface area contributed by atoms with E-state index in [0.29, 0.717) is 5.56 Å². The first-order chi connectivity index (χ1) is 7.38. The van der Waals surface area contributed by atoms with Gasteiger partial charge >= 0.3 is 0 Å². The minimum absolute atomic E-state index is 0.0286. The molecule has 0 aliphatic heterocycles. The molecule has 3 nitrogen and oxygen atoms in total. The zero-order valence-electron chi connectivity index (χ0n) is 10.4. The van der Waals surface area contributed by atoms with E-state index in [4.69, 9.17) is 0 Å². The first-order valence-corrected chi connectivity index (χ1v) is 5.59. The Hall–Kier alpha value is -1.38. The van der Waals surface area contributed by atoms with Gasteiger partial charge in [-0.1, -0.05) is 20.8 Å². The van der Waals surface area contributed by atoms with Gasteiger partial charge in [-0.05, 0) is 30.9 Å². The minimum atomic E-state index is -0.0286. The van der Waals surface area contributed by atoms with Gasteiger partial charge in [-0.3, -0.25) is 9.78 Å². The van der Waals surface area contributed by atoms with Gasteiger partial charge in [0.15, 0.2) is 0 Å². The molecule has 1 aromatic heterocycles. The normalized spacial score (nSPS) is 13.2. The summed E-state index contributed by atoms with van der Waals surface area (Å²) >= 11 is 0. The van der Waals surface area contributed by atoms with Gasteiger partial charge in [-0.15, -0.1) is 0 Å². The topological polar surface area (TPSA) is 42.0 Å². The predicted octanol–water partition coefficient (Wildman–Crippen LogP) is 2.64. The fraction of sp³-hybridized carbons (Fsp3) is 0.538. The predicted molar refractivity (Wildman–Crippen MR) is 65.2 cm³/mol. The van der Waals surface area contributed by atoms with Crippen molar-refractivity contribution >= 4 is 5.91 Å². The Morgan fingerprint density at radius 1 is 1.38 bits per heavy atom. The van der Waals surface area contributed by atoms with Crippen LogP contribution in [0.4, 0.5) is 0 Å². The molecule has 3 heteroatoms. The lowest BCUT2D eigenvalue weighted by Gasteiger charge is -2.23. The summed E-state index contributed by atoms with van der Waals surface area (Å²) in [4.78, 5) is 15.7. The molecule has 1 atom stereocenters.